The van der Waals surface area contributed by atoms with E-state index in [1.165, 1.54) is 161 Å². The second-order valence-electron chi connectivity index (χ2n) is 17.8. The monoisotopic (exact) mass is 880 g/mol. The largest absolute Gasteiger partial charge is 0.397 e. The summed E-state index contributed by atoms with van der Waals surface area (Å²) in [5.74, 6) is -0.230. The van der Waals surface area contributed by atoms with Crippen molar-refractivity contribution in [2.24, 2.45) is 0 Å². The van der Waals surface area contributed by atoms with Crippen molar-refractivity contribution in [3.05, 3.63) is 0 Å². The van der Waals surface area contributed by atoms with Crippen molar-refractivity contribution >= 4 is 16.3 Å². The van der Waals surface area contributed by atoms with Gasteiger partial charge < -0.3 is 35.2 Å². The zero-order chi connectivity index (χ0) is 44.1. The molecule has 1 amide bonds. The summed E-state index contributed by atoms with van der Waals surface area (Å²) in [6, 6.07) is -0.850. The van der Waals surface area contributed by atoms with Crippen LogP contribution in [0.1, 0.15) is 239 Å². The predicted molar refractivity (Wildman–Crippen MR) is 241 cm³/mol. The van der Waals surface area contributed by atoms with Crippen molar-refractivity contribution in [2.75, 3.05) is 13.2 Å². The molecule has 1 saturated heterocycles. The van der Waals surface area contributed by atoms with Gasteiger partial charge in [-0.05, 0) is 12.8 Å². The van der Waals surface area contributed by atoms with Crippen LogP contribution in [0.5, 0.6) is 0 Å². The molecule has 7 unspecified atom stereocenters. The van der Waals surface area contributed by atoms with Crippen LogP contribution in [0.4, 0.5) is 0 Å². The highest BCUT2D eigenvalue weighted by Gasteiger charge is 2.48. The van der Waals surface area contributed by atoms with Gasteiger partial charge in [0.2, 0.25) is 5.91 Å². The van der Waals surface area contributed by atoms with Crippen LogP contribution >= 0.6 is 0 Å². The Hall–Kier alpha value is -0.900. The Morgan fingerprint density at radius 1 is 0.600 bits per heavy atom. The van der Waals surface area contributed by atoms with E-state index >= 15 is 0 Å². The first-order valence-corrected chi connectivity index (χ1v) is 26.3. The molecule has 0 radical (unpaired) electrons. The molecule has 0 aromatic heterocycles. The van der Waals surface area contributed by atoms with E-state index in [2.05, 4.69) is 23.3 Å². The molecule has 6 N–H and O–H groups in total. The maximum absolute atomic E-state index is 13.0. The van der Waals surface area contributed by atoms with Gasteiger partial charge in [-0.3, -0.25) is 9.35 Å². The summed E-state index contributed by atoms with van der Waals surface area (Å²) >= 11 is 0. The van der Waals surface area contributed by atoms with Crippen LogP contribution in [0, 0.1) is 0 Å². The molecule has 12 nitrogen and oxygen atoms in total. The summed E-state index contributed by atoms with van der Waals surface area (Å²) in [5.41, 5.74) is 0. The molecule has 358 valence electrons. The van der Waals surface area contributed by atoms with Gasteiger partial charge in [0.25, 0.3) is 0 Å². The molecule has 1 rings (SSSR count). The predicted octanol–water partition coefficient (Wildman–Crippen LogP) is 10.2. The van der Waals surface area contributed by atoms with Crippen LogP contribution in [0.2, 0.25) is 0 Å². The molecule has 60 heavy (non-hydrogen) atoms. The van der Waals surface area contributed by atoms with Gasteiger partial charge in [-0.15, -0.1) is 0 Å². The van der Waals surface area contributed by atoms with Crippen molar-refractivity contribution in [2.45, 2.75) is 281 Å². The van der Waals surface area contributed by atoms with E-state index in [0.717, 1.165) is 51.4 Å². The number of carbonyl (C=O) groups excluding carboxylic acids is 1. The molecule has 1 heterocycles. The van der Waals surface area contributed by atoms with Crippen molar-refractivity contribution < 1.29 is 51.8 Å². The van der Waals surface area contributed by atoms with Crippen molar-refractivity contribution in [1.82, 2.24) is 5.32 Å². The van der Waals surface area contributed by atoms with Gasteiger partial charge in [0, 0.05) is 6.42 Å². The van der Waals surface area contributed by atoms with Crippen molar-refractivity contribution in [1.29, 1.82) is 0 Å². The number of hydrogen-bond donors (Lipinski definition) is 6. The third-order valence-electron chi connectivity index (χ3n) is 12.2. The van der Waals surface area contributed by atoms with Crippen LogP contribution in [0.25, 0.3) is 0 Å². The number of aliphatic hydroxyl groups is 4. The molecular weight excluding hydrogens is 787 g/mol. The molecular formula is C47H93NO11S. The van der Waals surface area contributed by atoms with Crippen molar-refractivity contribution in [3.63, 3.8) is 0 Å². The molecule has 0 saturated carbocycles. The minimum Gasteiger partial charge on any atom is -0.394 e. The Balaban J connectivity index is 2.33. The number of nitrogens with one attached hydrogen (secondary N) is 1. The minimum absolute atomic E-state index is 0.230. The fourth-order valence-corrected chi connectivity index (χ4v) is 8.79. The first-order valence-electron chi connectivity index (χ1n) is 24.9. The molecule has 0 aromatic carbocycles. The highest BCUT2D eigenvalue weighted by Crippen LogP contribution is 2.26. The lowest BCUT2D eigenvalue weighted by Crippen LogP contribution is -2.61. The standard InChI is InChI=1S/C47H93NO11S/c1-3-5-7-9-11-13-14-15-16-17-18-19-20-21-22-23-24-25-26-27-29-30-32-34-36-41(50)40(48-43(51)37-35-33-31-28-12-10-8-6-4-2)39-57-47-45(53)46(59-60(54,55)56)44(52)42(38-49)58-47/h40-42,44-47,49-50,52-53H,3-39H2,1-2H3,(H,48,51)(H,54,55,56). The minimum atomic E-state index is -5.07. The normalized spacial score (nSPS) is 20.7. The lowest BCUT2D eigenvalue weighted by Gasteiger charge is -2.41. The average molecular weight is 880 g/mol. The smallest absolute Gasteiger partial charge is 0.394 e. The Kier molecular flexibility index (Phi) is 36.7. The number of carbonyl (C=O) groups is 1. The Morgan fingerprint density at radius 3 is 1.33 bits per heavy atom. The second-order valence-corrected chi connectivity index (χ2v) is 18.8. The molecule has 13 heteroatoms. The van der Waals surface area contributed by atoms with Gasteiger partial charge in [0.15, 0.2) is 6.29 Å². The molecule has 0 aliphatic carbocycles. The van der Waals surface area contributed by atoms with Crippen LogP contribution in [-0.2, 0) is 28.9 Å². The Labute approximate surface area is 367 Å². The number of ether oxygens (including phenoxy) is 2. The number of unbranched alkanes of at least 4 members (excludes halogenated alkanes) is 31. The van der Waals surface area contributed by atoms with E-state index < -0.39 is 59.9 Å². The van der Waals surface area contributed by atoms with Crippen LogP contribution in [0.15, 0.2) is 0 Å². The molecule has 1 aliphatic heterocycles. The number of hydrogen-bond acceptors (Lipinski definition) is 10. The van der Waals surface area contributed by atoms with Crippen LogP contribution in [-0.4, -0.2) is 95.4 Å². The molecule has 0 aromatic rings. The summed E-state index contributed by atoms with van der Waals surface area (Å²) in [4.78, 5) is 13.0. The van der Waals surface area contributed by atoms with Crippen molar-refractivity contribution in [3.8, 4) is 0 Å². The Morgan fingerprint density at radius 2 is 0.967 bits per heavy atom. The summed E-state index contributed by atoms with van der Waals surface area (Å²) in [7, 11) is -5.07. The highest BCUT2D eigenvalue weighted by molar-refractivity contribution is 7.80. The number of aliphatic hydroxyl groups excluding tert-OH is 4. The average Bonchev–Trinajstić information content (AvgIpc) is 3.22. The van der Waals surface area contributed by atoms with Gasteiger partial charge in [-0.1, -0.05) is 219 Å². The lowest BCUT2D eigenvalue weighted by molar-refractivity contribution is -0.298. The summed E-state index contributed by atoms with van der Waals surface area (Å²) in [6.45, 7) is 3.44. The van der Waals surface area contributed by atoms with Gasteiger partial charge in [-0.2, -0.15) is 8.42 Å². The molecule has 1 fully saturated rings. The van der Waals surface area contributed by atoms with Gasteiger partial charge in [0.05, 0.1) is 25.4 Å². The quantitative estimate of drug-likeness (QED) is 0.0252. The topological polar surface area (TPSA) is 192 Å². The molecule has 0 bridgehead atoms. The second kappa shape index (κ2) is 38.5. The third-order valence-corrected chi connectivity index (χ3v) is 12.6. The number of amides is 1. The Bertz CT molecular complexity index is 1080. The van der Waals surface area contributed by atoms with Crippen LogP contribution < -0.4 is 5.32 Å². The molecule has 0 spiro atoms. The SMILES string of the molecule is CCCCCCCCCCCCCCCCCCCCCCCCCCC(O)C(COC1OC(CO)C(O)C(OS(=O)(=O)O)C1O)NC(=O)CCCCCCCCCCC. The van der Waals surface area contributed by atoms with Gasteiger partial charge in [0.1, 0.15) is 24.4 Å². The number of rotatable bonds is 43. The van der Waals surface area contributed by atoms with E-state index in [1.54, 1.807) is 0 Å². The van der Waals surface area contributed by atoms with E-state index in [1.807, 2.05) is 0 Å². The maximum atomic E-state index is 13.0. The highest BCUT2D eigenvalue weighted by atomic mass is 32.3. The fourth-order valence-electron chi connectivity index (χ4n) is 8.28. The fraction of sp³-hybridized carbons (Fsp3) is 0.979. The summed E-state index contributed by atoms with van der Waals surface area (Å²) in [5, 5.41) is 44.8. The van der Waals surface area contributed by atoms with E-state index in [9.17, 15) is 38.2 Å². The summed E-state index contributed by atoms with van der Waals surface area (Å²) in [6.07, 6.45) is 32.7. The summed E-state index contributed by atoms with van der Waals surface area (Å²) < 4.78 is 47.6. The first kappa shape index (κ1) is 57.1. The van der Waals surface area contributed by atoms with E-state index in [-0.39, 0.29) is 12.5 Å². The third kappa shape index (κ3) is 31.0. The van der Waals surface area contributed by atoms with E-state index in [0.29, 0.717) is 12.8 Å². The van der Waals surface area contributed by atoms with E-state index in [4.69, 9.17) is 9.47 Å². The molecule has 1 aliphatic rings. The van der Waals surface area contributed by atoms with Crippen LogP contribution in [0.3, 0.4) is 0 Å². The maximum Gasteiger partial charge on any atom is 0.397 e. The van der Waals surface area contributed by atoms with Gasteiger partial charge >= 0.3 is 10.4 Å². The molecule has 7 atom stereocenters. The zero-order valence-electron chi connectivity index (χ0n) is 38.3. The first-order chi connectivity index (χ1) is 29.0. The lowest BCUT2D eigenvalue weighted by atomic mass is 9.99. The zero-order valence-corrected chi connectivity index (χ0v) is 39.1. The van der Waals surface area contributed by atoms with Gasteiger partial charge in [-0.25, -0.2) is 4.18 Å².